The summed E-state index contributed by atoms with van der Waals surface area (Å²) in [4.78, 5) is 7.91. The first-order chi connectivity index (χ1) is 7.68. The number of hydrogen-bond acceptors (Lipinski definition) is 2. The summed E-state index contributed by atoms with van der Waals surface area (Å²) >= 11 is 5.84. The Balaban J connectivity index is 2.39. The topological polar surface area (TPSA) is 25.8 Å². The fourth-order valence-corrected chi connectivity index (χ4v) is 1.52. The second-order valence-electron chi connectivity index (χ2n) is 3.12. The van der Waals surface area contributed by atoms with Gasteiger partial charge in [0.05, 0.1) is 0 Å². The molecule has 1 aromatic carbocycles. The summed E-state index contributed by atoms with van der Waals surface area (Å²) in [7, 11) is 0. The van der Waals surface area contributed by atoms with Gasteiger partial charge < -0.3 is 0 Å². The molecule has 0 fully saturated rings. The lowest BCUT2D eigenvalue weighted by molar-refractivity contribution is 0.151. The third-order valence-corrected chi connectivity index (χ3v) is 2.37. The van der Waals surface area contributed by atoms with Gasteiger partial charge in [-0.1, -0.05) is 35.9 Å². The van der Waals surface area contributed by atoms with Crippen LogP contribution in [0.5, 0.6) is 0 Å². The molecule has 1 heterocycles. The molecule has 0 unspecified atom stereocenters. The van der Waals surface area contributed by atoms with Crippen LogP contribution in [0, 0.1) is 0 Å². The van der Waals surface area contributed by atoms with Gasteiger partial charge in [-0.05, 0) is 0 Å². The zero-order valence-corrected chi connectivity index (χ0v) is 8.83. The molecule has 0 N–H and O–H groups in total. The van der Waals surface area contributed by atoms with Gasteiger partial charge in [-0.2, -0.15) is 0 Å². The zero-order valence-electron chi connectivity index (χ0n) is 8.07. The van der Waals surface area contributed by atoms with Crippen LogP contribution in [0.2, 0.25) is 5.15 Å². The van der Waals surface area contributed by atoms with Crippen LogP contribution >= 0.6 is 11.6 Å². The van der Waals surface area contributed by atoms with Crippen LogP contribution in [0.1, 0.15) is 12.0 Å². The first kappa shape index (κ1) is 11.0. The maximum atomic E-state index is 12.3. The number of rotatable bonds is 2. The molecule has 0 bridgehead atoms. The van der Waals surface area contributed by atoms with E-state index in [1.165, 1.54) is 24.5 Å². The molecule has 2 nitrogen and oxygen atoms in total. The molecule has 16 heavy (non-hydrogen) atoms. The van der Waals surface area contributed by atoms with Crippen molar-refractivity contribution >= 4 is 11.6 Å². The SMILES string of the molecule is FC(F)c1ccc(-c2nccnc2Cl)cc1. The summed E-state index contributed by atoms with van der Waals surface area (Å²) in [6.45, 7) is 0. The molecule has 0 aliphatic rings. The zero-order chi connectivity index (χ0) is 11.5. The lowest BCUT2D eigenvalue weighted by atomic mass is 10.1. The molecule has 2 rings (SSSR count). The van der Waals surface area contributed by atoms with E-state index in [2.05, 4.69) is 9.97 Å². The van der Waals surface area contributed by atoms with Crippen molar-refractivity contribution in [2.45, 2.75) is 6.43 Å². The van der Waals surface area contributed by atoms with E-state index in [0.29, 0.717) is 11.3 Å². The molecule has 0 spiro atoms. The van der Waals surface area contributed by atoms with Crippen LogP contribution in [0.4, 0.5) is 8.78 Å². The smallest absolute Gasteiger partial charge is 0.251 e. The summed E-state index contributed by atoms with van der Waals surface area (Å²) < 4.78 is 24.7. The minimum Gasteiger partial charge on any atom is -0.251 e. The lowest BCUT2D eigenvalue weighted by Gasteiger charge is -2.03. The average Bonchev–Trinajstić information content (AvgIpc) is 2.30. The van der Waals surface area contributed by atoms with Crippen LogP contribution in [-0.2, 0) is 0 Å². The van der Waals surface area contributed by atoms with Crippen molar-refractivity contribution in [3.8, 4) is 11.3 Å². The van der Waals surface area contributed by atoms with Crippen molar-refractivity contribution in [1.29, 1.82) is 0 Å². The molecular weight excluding hydrogens is 234 g/mol. The highest BCUT2D eigenvalue weighted by Crippen LogP contribution is 2.26. The van der Waals surface area contributed by atoms with Crippen molar-refractivity contribution < 1.29 is 8.78 Å². The van der Waals surface area contributed by atoms with Gasteiger partial charge in [0.25, 0.3) is 6.43 Å². The molecule has 5 heteroatoms. The third kappa shape index (κ3) is 2.17. The Labute approximate surface area is 95.9 Å². The summed E-state index contributed by atoms with van der Waals surface area (Å²) in [6, 6.07) is 5.81. The van der Waals surface area contributed by atoms with E-state index in [1.807, 2.05) is 0 Å². The van der Waals surface area contributed by atoms with Gasteiger partial charge in [-0.15, -0.1) is 0 Å². The lowest BCUT2D eigenvalue weighted by Crippen LogP contribution is -1.88. The fourth-order valence-electron chi connectivity index (χ4n) is 1.30. The van der Waals surface area contributed by atoms with Gasteiger partial charge >= 0.3 is 0 Å². The minimum atomic E-state index is -2.47. The van der Waals surface area contributed by atoms with Gasteiger partial charge in [0.15, 0.2) is 5.15 Å². The number of nitrogens with zero attached hydrogens (tertiary/aromatic N) is 2. The van der Waals surface area contributed by atoms with E-state index in [0.717, 1.165) is 0 Å². The first-order valence-corrected chi connectivity index (χ1v) is 4.91. The number of alkyl halides is 2. The van der Waals surface area contributed by atoms with E-state index in [-0.39, 0.29) is 10.7 Å². The first-order valence-electron chi connectivity index (χ1n) is 4.53. The Morgan fingerprint density at radius 2 is 1.62 bits per heavy atom. The van der Waals surface area contributed by atoms with Crippen molar-refractivity contribution in [3.63, 3.8) is 0 Å². The van der Waals surface area contributed by atoms with E-state index in [4.69, 9.17) is 11.6 Å². The van der Waals surface area contributed by atoms with Gasteiger partial charge in [0, 0.05) is 23.5 Å². The Bertz CT molecular complexity index is 486. The normalized spacial score (nSPS) is 10.8. The van der Waals surface area contributed by atoms with Crippen LogP contribution in [0.15, 0.2) is 36.7 Å². The Kier molecular flexibility index (Phi) is 3.10. The van der Waals surface area contributed by atoms with Gasteiger partial charge in [0.2, 0.25) is 0 Å². The van der Waals surface area contributed by atoms with Crippen LogP contribution in [0.3, 0.4) is 0 Å². The molecular formula is C11H7ClF2N2. The monoisotopic (exact) mass is 240 g/mol. The van der Waals surface area contributed by atoms with Crippen molar-refractivity contribution in [2.24, 2.45) is 0 Å². The van der Waals surface area contributed by atoms with Crippen molar-refractivity contribution in [3.05, 3.63) is 47.4 Å². The quantitative estimate of drug-likeness (QED) is 0.799. The fraction of sp³-hybridized carbons (Fsp3) is 0.0909. The highest BCUT2D eigenvalue weighted by Gasteiger charge is 2.09. The second-order valence-corrected chi connectivity index (χ2v) is 3.48. The molecule has 82 valence electrons. The van der Waals surface area contributed by atoms with Gasteiger partial charge in [-0.25, -0.2) is 13.8 Å². The summed E-state index contributed by atoms with van der Waals surface area (Å²) in [5.41, 5.74) is 1.14. The third-order valence-electron chi connectivity index (χ3n) is 2.09. The molecule has 0 amide bonds. The molecule has 1 aromatic heterocycles. The highest BCUT2D eigenvalue weighted by atomic mass is 35.5. The van der Waals surface area contributed by atoms with Crippen molar-refractivity contribution in [1.82, 2.24) is 9.97 Å². The maximum absolute atomic E-state index is 12.3. The Morgan fingerprint density at radius 1 is 1.00 bits per heavy atom. The predicted molar refractivity (Wildman–Crippen MR) is 57.4 cm³/mol. The van der Waals surface area contributed by atoms with Gasteiger partial charge in [-0.3, -0.25) is 4.98 Å². The minimum absolute atomic E-state index is 0.0243. The molecule has 0 aliphatic heterocycles. The maximum Gasteiger partial charge on any atom is 0.263 e. The number of aromatic nitrogens is 2. The van der Waals surface area contributed by atoms with Crippen LogP contribution in [0.25, 0.3) is 11.3 Å². The highest BCUT2D eigenvalue weighted by molar-refractivity contribution is 6.31. The van der Waals surface area contributed by atoms with E-state index in [1.54, 1.807) is 12.1 Å². The van der Waals surface area contributed by atoms with Crippen LogP contribution < -0.4 is 0 Å². The Hall–Kier alpha value is -1.55. The molecule has 0 saturated carbocycles. The molecule has 0 atom stereocenters. The number of hydrogen-bond donors (Lipinski definition) is 0. The summed E-state index contributed by atoms with van der Waals surface area (Å²) in [5, 5.41) is 0.257. The number of halogens is 3. The number of benzene rings is 1. The van der Waals surface area contributed by atoms with Gasteiger partial charge in [0.1, 0.15) is 5.69 Å². The summed E-state index contributed by atoms with van der Waals surface area (Å²) in [6.07, 6.45) is 0.507. The van der Waals surface area contributed by atoms with E-state index >= 15 is 0 Å². The van der Waals surface area contributed by atoms with E-state index in [9.17, 15) is 8.78 Å². The molecule has 0 radical (unpaired) electrons. The van der Waals surface area contributed by atoms with Crippen LogP contribution in [-0.4, -0.2) is 9.97 Å². The Morgan fingerprint density at radius 3 is 2.19 bits per heavy atom. The summed E-state index contributed by atoms with van der Waals surface area (Å²) in [5.74, 6) is 0. The van der Waals surface area contributed by atoms with Crippen molar-refractivity contribution in [2.75, 3.05) is 0 Å². The second kappa shape index (κ2) is 4.53. The molecule has 0 aliphatic carbocycles. The average molecular weight is 241 g/mol. The predicted octanol–water partition coefficient (Wildman–Crippen LogP) is 3.73. The molecule has 0 saturated heterocycles. The molecule has 2 aromatic rings. The van der Waals surface area contributed by atoms with E-state index < -0.39 is 6.43 Å². The standard InChI is InChI=1S/C11H7ClF2N2/c12-10-9(15-5-6-16-10)7-1-3-8(4-2-7)11(13)14/h1-6,11H. The largest absolute Gasteiger partial charge is 0.263 e.